The summed E-state index contributed by atoms with van der Waals surface area (Å²) >= 11 is 0. The fourth-order valence-corrected chi connectivity index (χ4v) is 3.71. The average molecular weight is 427 g/mol. The van der Waals surface area contributed by atoms with Gasteiger partial charge in [-0.15, -0.1) is 0 Å². The van der Waals surface area contributed by atoms with E-state index in [1.165, 1.54) is 16.2 Å². The maximum atomic E-state index is 13.4. The van der Waals surface area contributed by atoms with Crippen LogP contribution < -0.4 is 11.2 Å². The Morgan fingerprint density at radius 2 is 1.71 bits per heavy atom. The topological polar surface area (TPSA) is 88.1 Å². The molecule has 8 heteroatoms. The predicted molar refractivity (Wildman–Crippen MR) is 119 cm³/mol. The number of carbonyl (C=O) groups is 1. The summed E-state index contributed by atoms with van der Waals surface area (Å²) in [6.07, 6.45) is 0.656. The van der Waals surface area contributed by atoms with Crippen LogP contribution in [0.25, 0.3) is 11.2 Å². The van der Waals surface area contributed by atoms with Crippen LogP contribution in [0.4, 0.5) is 0 Å². The quantitative estimate of drug-likeness (QED) is 0.542. The Bertz CT molecular complexity index is 1200. The van der Waals surface area contributed by atoms with Gasteiger partial charge in [0.25, 0.3) is 5.56 Å². The van der Waals surface area contributed by atoms with Crippen LogP contribution in [-0.4, -0.2) is 31.8 Å². The molecule has 2 aromatic heterocycles. The molecule has 1 aromatic carbocycles. The highest BCUT2D eigenvalue weighted by Gasteiger charge is 2.27. The molecule has 3 rings (SSSR count). The van der Waals surface area contributed by atoms with Gasteiger partial charge in [-0.2, -0.15) is 0 Å². The normalized spacial score (nSPS) is 11.8. The van der Waals surface area contributed by atoms with E-state index >= 15 is 0 Å². The Labute approximate surface area is 181 Å². The average Bonchev–Trinajstić information content (AvgIpc) is 3.11. The van der Waals surface area contributed by atoms with Crippen molar-refractivity contribution in [2.75, 3.05) is 7.11 Å². The van der Waals surface area contributed by atoms with Crippen molar-refractivity contribution < 1.29 is 9.53 Å². The first-order valence-corrected chi connectivity index (χ1v) is 10.5. The standard InChI is InChI=1S/C23H30N4O4/c1-6-13-26-20(29)18-19(25(22(26)30)14-12-17(28)31-5)24-21(23(2,3)4)27(18)15-16-10-8-7-9-11-16/h7-11H,6,12-15H2,1-5H3. The lowest BCUT2D eigenvalue weighted by Crippen LogP contribution is -2.41. The molecule has 0 atom stereocenters. The highest BCUT2D eigenvalue weighted by Crippen LogP contribution is 2.26. The Morgan fingerprint density at radius 3 is 2.29 bits per heavy atom. The fraction of sp³-hybridized carbons (Fsp3) is 0.478. The molecule has 0 saturated carbocycles. The number of fused-ring (bicyclic) bond motifs is 1. The number of esters is 1. The third-order valence-corrected chi connectivity index (χ3v) is 5.18. The lowest BCUT2D eigenvalue weighted by Gasteiger charge is -2.20. The van der Waals surface area contributed by atoms with Gasteiger partial charge < -0.3 is 9.30 Å². The number of benzene rings is 1. The second kappa shape index (κ2) is 8.91. The van der Waals surface area contributed by atoms with Crippen LogP contribution in [0.2, 0.25) is 0 Å². The Kier molecular flexibility index (Phi) is 6.48. The molecule has 2 heterocycles. The summed E-state index contributed by atoms with van der Waals surface area (Å²) in [5, 5.41) is 0. The van der Waals surface area contributed by atoms with E-state index in [9.17, 15) is 14.4 Å². The Hall–Kier alpha value is -3.16. The summed E-state index contributed by atoms with van der Waals surface area (Å²) in [5.41, 5.74) is 0.557. The van der Waals surface area contributed by atoms with Gasteiger partial charge in [-0.1, -0.05) is 58.0 Å². The van der Waals surface area contributed by atoms with Gasteiger partial charge in [-0.05, 0) is 12.0 Å². The Morgan fingerprint density at radius 1 is 1.03 bits per heavy atom. The number of ether oxygens (including phenoxy) is 1. The van der Waals surface area contributed by atoms with Gasteiger partial charge in [0.15, 0.2) is 11.2 Å². The lowest BCUT2D eigenvalue weighted by molar-refractivity contribution is -0.140. The monoisotopic (exact) mass is 426 g/mol. The van der Waals surface area contributed by atoms with Gasteiger partial charge >= 0.3 is 11.7 Å². The summed E-state index contributed by atoms with van der Waals surface area (Å²) in [7, 11) is 1.31. The SMILES string of the molecule is CCCn1c(=O)c2c(nc(C(C)(C)C)n2Cc2ccccc2)n(CCC(=O)OC)c1=O. The number of carbonyl (C=O) groups excluding carboxylic acids is 1. The number of imidazole rings is 1. The van der Waals surface area contributed by atoms with Crippen LogP contribution in [0.3, 0.4) is 0 Å². The van der Waals surface area contributed by atoms with Crippen molar-refractivity contribution in [3.63, 3.8) is 0 Å². The van der Waals surface area contributed by atoms with Crippen LogP contribution in [0.15, 0.2) is 39.9 Å². The number of aryl methyl sites for hydroxylation is 1. The second-order valence-corrected chi connectivity index (χ2v) is 8.65. The van der Waals surface area contributed by atoms with Crippen molar-refractivity contribution in [1.29, 1.82) is 0 Å². The summed E-state index contributed by atoms with van der Waals surface area (Å²) in [5.74, 6) is 0.289. The molecule has 8 nitrogen and oxygen atoms in total. The highest BCUT2D eigenvalue weighted by atomic mass is 16.5. The molecule has 0 unspecified atom stereocenters. The highest BCUT2D eigenvalue weighted by molar-refractivity contribution is 5.73. The van der Waals surface area contributed by atoms with Gasteiger partial charge in [0.1, 0.15) is 5.82 Å². The molecule has 166 valence electrons. The van der Waals surface area contributed by atoms with E-state index in [1.807, 2.05) is 62.6 Å². The van der Waals surface area contributed by atoms with Crippen molar-refractivity contribution in [2.24, 2.45) is 0 Å². The summed E-state index contributed by atoms with van der Waals surface area (Å²) < 4.78 is 9.32. The van der Waals surface area contributed by atoms with E-state index in [4.69, 9.17) is 9.72 Å². The van der Waals surface area contributed by atoms with E-state index in [1.54, 1.807) is 0 Å². The van der Waals surface area contributed by atoms with E-state index in [2.05, 4.69) is 0 Å². The van der Waals surface area contributed by atoms with Gasteiger partial charge in [-0.25, -0.2) is 9.78 Å². The van der Waals surface area contributed by atoms with Crippen LogP contribution in [-0.2, 0) is 34.6 Å². The first kappa shape index (κ1) is 22.5. The van der Waals surface area contributed by atoms with Crippen LogP contribution in [0.5, 0.6) is 0 Å². The zero-order chi connectivity index (χ0) is 22.8. The summed E-state index contributed by atoms with van der Waals surface area (Å²) in [6, 6.07) is 9.84. The van der Waals surface area contributed by atoms with Crippen LogP contribution in [0, 0.1) is 0 Å². The Balaban J connectivity index is 2.35. The smallest absolute Gasteiger partial charge is 0.332 e. The van der Waals surface area contributed by atoms with Crippen molar-refractivity contribution in [3.8, 4) is 0 Å². The minimum Gasteiger partial charge on any atom is -0.469 e. The maximum absolute atomic E-state index is 13.4. The van der Waals surface area contributed by atoms with Gasteiger partial charge in [0, 0.05) is 25.0 Å². The number of hydrogen-bond donors (Lipinski definition) is 0. The van der Waals surface area contributed by atoms with E-state index in [0.29, 0.717) is 36.5 Å². The molecule has 3 aromatic rings. The fourth-order valence-electron chi connectivity index (χ4n) is 3.71. The molecule has 31 heavy (non-hydrogen) atoms. The van der Waals surface area contributed by atoms with E-state index in [0.717, 1.165) is 5.56 Å². The molecule has 0 aliphatic carbocycles. The summed E-state index contributed by atoms with van der Waals surface area (Å²) in [6.45, 7) is 8.84. The van der Waals surface area contributed by atoms with Gasteiger partial charge in [0.2, 0.25) is 0 Å². The largest absolute Gasteiger partial charge is 0.469 e. The molecular formula is C23H30N4O4. The maximum Gasteiger partial charge on any atom is 0.332 e. The number of hydrogen-bond acceptors (Lipinski definition) is 5. The molecular weight excluding hydrogens is 396 g/mol. The number of aromatic nitrogens is 4. The zero-order valence-electron chi connectivity index (χ0n) is 18.8. The molecule has 0 aliphatic heterocycles. The van der Waals surface area contributed by atoms with Crippen LogP contribution in [0.1, 0.15) is 51.9 Å². The molecule has 0 aliphatic rings. The van der Waals surface area contributed by atoms with E-state index in [-0.39, 0.29) is 23.9 Å². The van der Waals surface area contributed by atoms with Crippen molar-refractivity contribution >= 4 is 17.1 Å². The first-order chi connectivity index (χ1) is 14.7. The molecule has 0 radical (unpaired) electrons. The minimum absolute atomic E-state index is 0.0201. The number of methoxy groups -OCH3 is 1. The van der Waals surface area contributed by atoms with E-state index < -0.39 is 11.7 Å². The molecule has 0 fully saturated rings. The lowest BCUT2D eigenvalue weighted by atomic mass is 9.95. The molecule has 0 spiro atoms. The predicted octanol–water partition coefficient (Wildman–Crippen LogP) is 2.68. The molecule has 0 N–H and O–H groups in total. The van der Waals surface area contributed by atoms with Gasteiger partial charge in [-0.3, -0.25) is 18.7 Å². The molecule has 0 saturated heterocycles. The van der Waals surface area contributed by atoms with Crippen molar-refractivity contribution in [2.45, 2.75) is 65.6 Å². The van der Waals surface area contributed by atoms with Gasteiger partial charge in [0.05, 0.1) is 13.5 Å². The molecule has 0 bridgehead atoms. The van der Waals surface area contributed by atoms with Crippen molar-refractivity contribution in [1.82, 2.24) is 18.7 Å². The zero-order valence-corrected chi connectivity index (χ0v) is 18.8. The van der Waals surface area contributed by atoms with Crippen molar-refractivity contribution in [3.05, 3.63) is 62.6 Å². The summed E-state index contributed by atoms with van der Waals surface area (Å²) in [4.78, 5) is 43.1. The number of rotatable bonds is 7. The second-order valence-electron chi connectivity index (χ2n) is 8.65. The van der Waals surface area contributed by atoms with Crippen LogP contribution >= 0.6 is 0 Å². The first-order valence-electron chi connectivity index (χ1n) is 10.5. The molecule has 0 amide bonds. The third kappa shape index (κ3) is 4.47. The minimum atomic E-state index is -0.451. The number of nitrogens with zero attached hydrogens (tertiary/aromatic N) is 4. The third-order valence-electron chi connectivity index (χ3n) is 5.18.